The number of hydrogen-bond donors (Lipinski definition) is 1. The van der Waals surface area contributed by atoms with Gasteiger partial charge in [0.05, 0.1) is 18.7 Å². The Morgan fingerprint density at radius 2 is 2.35 bits per heavy atom. The number of nitriles is 1. The summed E-state index contributed by atoms with van der Waals surface area (Å²) in [4.78, 5) is 1.82. The van der Waals surface area contributed by atoms with Gasteiger partial charge in [-0.1, -0.05) is 0 Å². The minimum Gasteiger partial charge on any atom is -0.283 e. The molecule has 1 atom stereocenters. The molecule has 1 aliphatic heterocycles. The van der Waals surface area contributed by atoms with Crippen LogP contribution in [0.25, 0.3) is 0 Å². The normalized spacial score (nSPS) is 20.8. The maximum Gasteiger partial charge on any atom is 0.155 e. The van der Waals surface area contributed by atoms with Gasteiger partial charge in [0.15, 0.2) is 10.7 Å². The van der Waals surface area contributed by atoms with Crippen LogP contribution in [0.4, 0.5) is 0 Å². The molecule has 0 bridgehead atoms. The van der Waals surface area contributed by atoms with Crippen LogP contribution in [0.3, 0.4) is 0 Å². The lowest BCUT2D eigenvalue weighted by Gasteiger charge is -2.50. The summed E-state index contributed by atoms with van der Waals surface area (Å²) >= 11 is 0. The first kappa shape index (κ1) is 12.1. The molecule has 0 N–H and O–H groups in total. The summed E-state index contributed by atoms with van der Waals surface area (Å²) in [6.45, 7) is 2.71. The lowest BCUT2D eigenvalue weighted by atomic mass is 9.87. The predicted molar refractivity (Wildman–Crippen MR) is 60.6 cm³/mol. The highest BCUT2D eigenvalue weighted by molar-refractivity contribution is 7.73. The fourth-order valence-electron chi connectivity index (χ4n) is 2.08. The third kappa shape index (κ3) is 2.06. The molecule has 6 nitrogen and oxygen atoms in total. The number of hydrogen-bond acceptors (Lipinski definition) is 5. The Hall–Kier alpha value is -1.39. The Kier molecular flexibility index (Phi) is 3.17. The summed E-state index contributed by atoms with van der Waals surface area (Å²) in [7, 11) is -2.46. The van der Waals surface area contributed by atoms with E-state index in [-0.39, 0.29) is 0 Å². The van der Waals surface area contributed by atoms with Crippen LogP contribution in [0, 0.1) is 17.4 Å². The van der Waals surface area contributed by atoms with Crippen LogP contribution in [0.15, 0.2) is 12.4 Å². The molecule has 1 aromatic rings. The summed E-state index contributed by atoms with van der Waals surface area (Å²) in [5, 5.41) is 12.5. The predicted octanol–water partition coefficient (Wildman–Crippen LogP) is -0.435. The Balaban J connectivity index is 2.13. The van der Waals surface area contributed by atoms with Crippen molar-refractivity contribution >= 4 is 10.7 Å². The van der Waals surface area contributed by atoms with Crippen molar-refractivity contribution in [3.8, 4) is 6.07 Å². The summed E-state index contributed by atoms with van der Waals surface area (Å²) in [5.41, 5.74) is -0.394. The fraction of sp³-hybridized carbons (Fsp3) is 0.600. The average molecular weight is 253 g/mol. The van der Waals surface area contributed by atoms with Gasteiger partial charge < -0.3 is 0 Å². The van der Waals surface area contributed by atoms with Crippen molar-refractivity contribution in [2.45, 2.75) is 24.3 Å². The van der Waals surface area contributed by atoms with E-state index in [2.05, 4.69) is 17.2 Å². The smallest absolute Gasteiger partial charge is 0.155 e. The highest BCUT2D eigenvalue weighted by atomic mass is 32.2. The first-order chi connectivity index (χ1) is 8.09. The molecule has 0 spiro atoms. The molecule has 1 aromatic heterocycles. The van der Waals surface area contributed by atoms with Crippen molar-refractivity contribution in [3.05, 3.63) is 18.5 Å². The van der Waals surface area contributed by atoms with Crippen molar-refractivity contribution < 1.29 is 8.42 Å². The van der Waals surface area contributed by atoms with Crippen molar-refractivity contribution in [3.63, 3.8) is 0 Å². The van der Waals surface area contributed by atoms with E-state index in [4.69, 9.17) is 5.26 Å². The molecule has 1 unspecified atom stereocenters. The maximum atomic E-state index is 10.9. The van der Waals surface area contributed by atoms with Gasteiger partial charge in [-0.3, -0.25) is 9.58 Å². The molecule has 17 heavy (non-hydrogen) atoms. The Bertz CT molecular complexity index is 489. The molecule has 2 rings (SSSR count). The van der Waals surface area contributed by atoms with Crippen molar-refractivity contribution in [2.24, 2.45) is 0 Å². The molecule has 0 aromatic carbocycles. The van der Waals surface area contributed by atoms with Crippen molar-refractivity contribution in [1.29, 1.82) is 5.26 Å². The first-order valence-electron chi connectivity index (χ1n) is 5.25. The van der Waals surface area contributed by atoms with Gasteiger partial charge in [-0.25, -0.2) is 8.42 Å². The van der Waals surface area contributed by atoms with Gasteiger partial charge >= 0.3 is 0 Å². The first-order valence-corrected chi connectivity index (χ1v) is 6.49. The Morgan fingerprint density at radius 1 is 1.65 bits per heavy atom. The van der Waals surface area contributed by atoms with Gasteiger partial charge in [0.25, 0.3) is 0 Å². The fourth-order valence-corrected chi connectivity index (χ4v) is 2.51. The van der Waals surface area contributed by atoms with E-state index in [0.717, 1.165) is 0 Å². The summed E-state index contributed by atoms with van der Waals surface area (Å²) in [6.07, 6.45) is 3.55. The second kappa shape index (κ2) is 4.47. The summed E-state index contributed by atoms with van der Waals surface area (Å²) in [6, 6.07) is 4.97. The second-order valence-electron chi connectivity index (χ2n) is 4.27. The average Bonchev–Trinajstić information content (AvgIpc) is 2.75. The zero-order valence-electron chi connectivity index (χ0n) is 9.41. The van der Waals surface area contributed by atoms with E-state index in [1.165, 1.54) is 0 Å². The number of nitrogens with zero attached hydrogens (tertiary/aromatic N) is 4. The number of thiol groups is 1. The van der Waals surface area contributed by atoms with Crippen LogP contribution in [0.5, 0.6) is 0 Å². The van der Waals surface area contributed by atoms with E-state index in [1.54, 1.807) is 24.0 Å². The van der Waals surface area contributed by atoms with Gasteiger partial charge in [-0.15, -0.1) is 0 Å². The number of rotatable bonds is 4. The van der Waals surface area contributed by atoms with Gasteiger partial charge in [-0.05, 0) is 6.92 Å². The summed E-state index contributed by atoms with van der Waals surface area (Å²) in [5.74, 6) is 0. The van der Waals surface area contributed by atoms with Gasteiger partial charge in [0.1, 0.15) is 10.9 Å². The quantitative estimate of drug-likeness (QED) is 0.736. The molecule has 0 amide bonds. The maximum absolute atomic E-state index is 10.9. The second-order valence-corrected chi connectivity index (χ2v) is 5.58. The zero-order chi connectivity index (χ0) is 12.5. The van der Waals surface area contributed by atoms with Gasteiger partial charge in [0.2, 0.25) is 0 Å². The van der Waals surface area contributed by atoms with Crippen LogP contribution >= 0.6 is 0 Å². The van der Waals surface area contributed by atoms with Crippen LogP contribution in [-0.2, 0) is 16.2 Å². The molecular formula is C10H13N4O2S. The van der Waals surface area contributed by atoms with E-state index in [1.807, 2.05) is 4.90 Å². The molecule has 1 saturated heterocycles. The molecular weight excluding hydrogens is 240 g/mol. The molecule has 2 heterocycles. The Labute approximate surface area is 101 Å². The topological polar surface area (TPSA) is 79.0 Å². The third-order valence-electron chi connectivity index (χ3n) is 3.18. The largest absolute Gasteiger partial charge is 0.283 e. The standard InChI is InChI=1S/C10H13N4O2S/c1-9(17(15)16)13-7-10(8-13,3-4-11)14-6-2-5-12-14/h5-6,9,17H,3,7-8H2,1H3. The van der Waals surface area contributed by atoms with Crippen LogP contribution < -0.4 is 0 Å². The molecule has 7 heteroatoms. The van der Waals surface area contributed by atoms with Gasteiger partial charge in [0, 0.05) is 25.4 Å². The summed E-state index contributed by atoms with van der Waals surface area (Å²) < 4.78 is 23.5. The molecule has 91 valence electrons. The number of aromatic nitrogens is 2. The molecule has 0 aliphatic carbocycles. The lowest BCUT2D eigenvalue weighted by Crippen LogP contribution is -2.65. The van der Waals surface area contributed by atoms with Crippen LogP contribution in [0.1, 0.15) is 13.3 Å². The SMILES string of the molecule is CC(N1CC(CC#N)(n2c[c]cn2)C1)[SH](=O)=O. The zero-order valence-corrected chi connectivity index (χ0v) is 10.3. The van der Waals surface area contributed by atoms with Crippen molar-refractivity contribution in [2.75, 3.05) is 13.1 Å². The minimum atomic E-state index is -2.46. The van der Waals surface area contributed by atoms with Crippen LogP contribution in [0.2, 0.25) is 0 Å². The molecule has 1 radical (unpaired) electrons. The number of likely N-dealkylation sites (tertiary alicyclic amines) is 1. The minimum absolute atomic E-state index is 0.321. The van der Waals surface area contributed by atoms with E-state index in [9.17, 15) is 8.42 Å². The highest BCUT2D eigenvalue weighted by Crippen LogP contribution is 2.33. The molecule has 0 saturated carbocycles. The monoisotopic (exact) mass is 253 g/mol. The molecule has 1 aliphatic rings. The van der Waals surface area contributed by atoms with Gasteiger partial charge in [-0.2, -0.15) is 10.4 Å². The Morgan fingerprint density at radius 3 is 2.82 bits per heavy atom. The van der Waals surface area contributed by atoms with Crippen molar-refractivity contribution in [1.82, 2.24) is 14.7 Å². The van der Waals surface area contributed by atoms with E-state index >= 15 is 0 Å². The molecule has 1 fully saturated rings. The highest BCUT2D eigenvalue weighted by Gasteiger charge is 2.47. The van der Waals surface area contributed by atoms with E-state index < -0.39 is 21.6 Å². The van der Waals surface area contributed by atoms with Crippen LogP contribution in [-0.4, -0.2) is 41.6 Å². The van der Waals surface area contributed by atoms with E-state index in [0.29, 0.717) is 19.5 Å². The third-order valence-corrected chi connectivity index (χ3v) is 4.11. The lowest BCUT2D eigenvalue weighted by molar-refractivity contribution is -0.000714.